The topological polar surface area (TPSA) is 66.3 Å². The van der Waals surface area contributed by atoms with Crippen LogP contribution in [0.5, 0.6) is 0 Å². The van der Waals surface area contributed by atoms with Gasteiger partial charge in [-0.05, 0) is 24.1 Å². The Balaban J connectivity index is 1.55. The van der Waals surface area contributed by atoms with Gasteiger partial charge in [-0.3, -0.25) is 10.2 Å². The number of nitrogens with one attached hydrogen (secondary N) is 1. The summed E-state index contributed by atoms with van der Waals surface area (Å²) in [6.07, 6.45) is 2.95. The first kappa shape index (κ1) is 18.0. The molecule has 1 aromatic rings. The van der Waals surface area contributed by atoms with Crippen LogP contribution in [0.2, 0.25) is 0 Å². The van der Waals surface area contributed by atoms with Gasteiger partial charge in [-0.2, -0.15) is 5.10 Å². The Morgan fingerprint density at radius 2 is 2.08 bits per heavy atom. The Bertz CT molecular complexity index is 758. The molecule has 0 spiro atoms. The van der Waals surface area contributed by atoms with E-state index in [1.165, 1.54) is 17.1 Å². The first-order chi connectivity index (χ1) is 12.4. The van der Waals surface area contributed by atoms with Crippen molar-refractivity contribution in [2.45, 2.75) is 44.9 Å². The molecule has 8 heteroatoms. The van der Waals surface area contributed by atoms with Gasteiger partial charge in [0.1, 0.15) is 11.6 Å². The van der Waals surface area contributed by atoms with E-state index in [9.17, 15) is 13.6 Å². The lowest BCUT2D eigenvalue weighted by molar-refractivity contribution is -0.133. The van der Waals surface area contributed by atoms with E-state index in [2.05, 4.69) is 22.2 Å². The molecule has 2 unspecified atom stereocenters. The van der Waals surface area contributed by atoms with Crippen molar-refractivity contribution in [2.24, 2.45) is 10.2 Å². The van der Waals surface area contributed by atoms with Gasteiger partial charge < -0.3 is 4.74 Å². The molecule has 2 heterocycles. The first-order valence-electron chi connectivity index (χ1n) is 8.36. The molecule has 138 valence electrons. The van der Waals surface area contributed by atoms with Gasteiger partial charge in [-0.25, -0.2) is 13.8 Å². The molecule has 0 aromatic heterocycles. The third kappa shape index (κ3) is 4.25. The van der Waals surface area contributed by atoms with Crippen LogP contribution in [0, 0.1) is 11.6 Å². The van der Waals surface area contributed by atoms with Crippen LogP contribution in [0.3, 0.4) is 0 Å². The number of carbonyl (C=O) groups is 1. The van der Waals surface area contributed by atoms with Gasteiger partial charge in [-0.1, -0.05) is 12.2 Å². The van der Waals surface area contributed by atoms with Crippen LogP contribution in [0.4, 0.5) is 8.78 Å². The second kappa shape index (κ2) is 7.63. The summed E-state index contributed by atoms with van der Waals surface area (Å²) >= 11 is 0. The molecule has 0 bridgehead atoms. The van der Waals surface area contributed by atoms with E-state index in [-0.39, 0.29) is 18.6 Å². The molecule has 0 radical (unpaired) electrons. The van der Waals surface area contributed by atoms with Crippen LogP contribution in [0.1, 0.15) is 44.2 Å². The normalized spacial score (nSPS) is 21.3. The zero-order valence-corrected chi connectivity index (χ0v) is 14.4. The minimum absolute atomic E-state index is 0.205. The Kier molecular flexibility index (Phi) is 5.29. The van der Waals surface area contributed by atoms with Crippen molar-refractivity contribution < 1.29 is 18.3 Å². The quantitative estimate of drug-likeness (QED) is 0.790. The average molecular weight is 362 g/mol. The third-order valence-electron chi connectivity index (χ3n) is 4.20. The maximum absolute atomic E-state index is 13.5. The number of hydrazone groups is 2. The molecule has 1 amide bonds. The summed E-state index contributed by atoms with van der Waals surface area (Å²) in [7, 11) is 0. The predicted molar refractivity (Wildman–Crippen MR) is 93.2 cm³/mol. The van der Waals surface area contributed by atoms with Crippen LogP contribution in [-0.4, -0.2) is 29.3 Å². The minimum atomic E-state index is -0.672. The second-order valence-electron chi connectivity index (χ2n) is 6.31. The van der Waals surface area contributed by atoms with Crippen LogP contribution >= 0.6 is 0 Å². The van der Waals surface area contributed by atoms with E-state index in [1.807, 2.05) is 0 Å². The molecule has 1 aromatic carbocycles. The highest BCUT2D eigenvalue weighted by Crippen LogP contribution is 2.30. The largest absolute Gasteiger partial charge is 0.454 e. The number of nitrogens with zero attached hydrogens (tertiary/aromatic N) is 3. The molecule has 26 heavy (non-hydrogen) atoms. The Labute approximate surface area is 150 Å². The van der Waals surface area contributed by atoms with Gasteiger partial charge in [0, 0.05) is 38.5 Å². The fourth-order valence-corrected chi connectivity index (χ4v) is 2.97. The van der Waals surface area contributed by atoms with E-state index in [4.69, 9.17) is 4.74 Å². The van der Waals surface area contributed by atoms with Gasteiger partial charge >= 0.3 is 0 Å². The number of hydrogen-bond acceptors (Lipinski definition) is 5. The smallest absolute Gasteiger partial charge is 0.243 e. The predicted octanol–water partition coefficient (Wildman–Crippen LogP) is 3.23. The van der Waals surface area contributed by atoms with Crippen LogP contribution < -0.4 is 5.43 Å². The monoisotopic (exact) mass is 362 g/mol. The van der Waals surface area contributed by atoms with Crippen molar-refractivity contribution in [2.75, 3.05) is 0 Å². The van der Waals surface area contributed by atoms with Crippen molar-refractivity contribution >= 4 is 18.0 Å². The fraction of sp³-hybridized carbons (Fsp3) is 0.389. The summed E-state index contributed by atoms with van der Waals surface area (Å²) in [6, 6.07) is 2.78. The lowest BCUT2D eigenvalue weighted by atomic mass is 10.0. The lowest BCUT2D eigenvalue weighted by Crippen LogP contribution is -2.27. The third-order valence-corrected chi connectivity index (χ3v) is 4.20. The number of halogens is 2. The molecule has 0 saturated carbocycles. The number of amides is 1. The Hall–Kier alpha value is -2.77. The highest BCUT2D eigenvalue weighted by molar-refractivity contribution is 5.80. The Morgan fingerprint density at radius 1 is 1.35 bits per heavy atom. The molecule has 1 N–H and O–H groups in total. The second-order valence-corrected chi connectivity index (χ2v) is 6.31. The van der Waals surface area contributed by atoms with Gasteiger partial charge in [0.2, 0.25) is 11.8 Å². The van der Waals surface area contributed by atoms with Crippen LogP contribution in [-0.2, 0) is 9.53 Å². The first-order valence-corrected chi connectivity index (χ1v) is 8.36. The van der Waals surface area contributed by atoms with E-state index in [0.29, 0.717) is 30.7 Å². The average Bonchev–Trinajstić information content (AvgIpc) is 3.21. The summed E-state index contributed by atoms with van der Waals surface area (Å²) in [5, 5.41) is 9.30. The summed E-state index contributed by atoms with van der Waals surface area (Å²) in [5.74, 6) is -0.999. The van der Waals surface area contributed by atoms with Gasteiger partial charge in [-0.15, -0.1) is 5.10 Å². The van der Waals surface area contributed by atoms with Crippen molar-refractivity contribution in [1.82, 2.24) is 10.4 Å². The van der Waals surface area contributed by atoms with Crippen molar-refractivity contribution in [3.05, 3.63) is 47.5 Å². The highest BCUT2D eigenvalue weighted by atomic mass is 19.1. The zero-order chi connectivity index (χ0) is 18.7. The number of hydrogen-bond donors (Lipinski definition) is 1. The van der Waals surface area contributed by atoms with Gasteiger partial charge in [0.25, 0.3) is 0 Å². The molecule has 2 atom stereocenters. The van der Waals surface area contributed by atoms with Crippen molar-refractivity contribution in [3.8, 4) is 0 Å². The molecule has 2 aliphatic heterocycles. The molecule has 0 fully saturated rings. The van der Waals surface area contributed by atoms with Crippen LogP contribution in [0.15, 0.2) is 40.6 Å². The zero-order valence-electron chi connectivity index (χ0n) is 14.4. The number of ether oxygens (including phenoxy) is 1. The summed E-state index contributed by atoms with van der Waals surface area (Å²) < 4.78 is 32.3. The molecule has 0 aliphatic carbocycles. The summed E-state index contributed by atoms with van der Waals surface area (Å²) in [5.41, 5.74) is 4.07. The van der Waals surface area contributed by atoms with Crippen LogP contribution in [0.25, 0.3) is 0 Å². The minimum Gasteiger partial charge on any atom is -0.454 e. The highest BCUT2D eigenvalue weighted by Gasteiger charge is 2.29. The number of rotatable bonds is 6. The molecule has 2 aliphatic rings. The standard InChI is InChI=1S/C18H20F2N4O2/c1-11(7-17-23-22-12(2)26-17)3-4-18(25)24-16(5-6-21-24)13-8-14(19)10-15(20)9-13/h6,8-10,16-17,23H,1,3-5,7H2,2H3. The van der Waals surface area contributed by atoms with Crippen molar-refractivity contribution in [1.29, 1.82) is 0 Å². The van der Waals surface area contributed by atoms with E-state index in [1.54, 1.807) is 13.1 Å². The number of benzene rings is 1. The maximum atomic E-state index is 13.5. The summed E-state index contributed by atoms with van der Waals surface area (Å²) in [4.78, 5) is 12.5. The van der Waals surface area contributed by atoms with Gasteiger partial charge in [0.05, 0.1) is 6.04 Å². The molecule has 0 saturated heterocycles. The molecule has 3 rings (SSSR count). The fourth-order valence-electron chi connectivity index (χ4n) is 2.97. The van der Waals surface area contributed by atoms with E-state index < -0.39 is 17.7 Å². The maximum Gasteiger partial charge on any atom is 0.243 e. The molecular formula is C18H20F2N4O2. The van der Waals surface area contributed by atoms with Gasteiger partial charge in [0.15, 0.2) is 6.23 Å². The lowest BCUT2D eigenvalue weighted by Gasteiger charge is -2.22. The molecular weight excluding hydrogens is 342 g/mol. The SMILES string of the molecule is C=C(CCC(=O)N1N=CCC1c1cc(F)cc(F)c1)CC1NN=C(C)O1. The van der Waals surface area contributed by atoms with Crippen molar-refractivity contribution in [3.63, 3.8) is 0 Å². The van der Waals surface area contributed by atoms with E-state index >= 15 is 0 Å². The van der Waals surface area contributed by atoms with E-state index in [0.717, 1.165) is 11.6 Å². The summed E-state index contributed by atoms with van der Waals surface area (Å²) in [6.45, 7) is 5.71. The Morgan fingerprint density at radius 3 is 2.73 bits per heavy atom. The molecule has 6 nitrogen and oxygen atoms in total. The number of carbonyl (C=O) groups excluding carboxylic acids is 1.